The van der Waals surface area contributed by atoms with Gasteiger partial charge in [0, 0.05) is 32.4 Å². The quantitative estimate of drug-likeness (QED) is 0.629. The third-order valence-corrected chi connectivity index (χ3v) is 5.42. The minimum Gasteiger partial charge on any atom is -0.352 e. The lowest BCUT2D eigenvalue weighted by Crippen LogP contribution is -2.49. The number of aromatic nitrogens is 3. The maximum atomic E-state index is 12.7. The molecule has 3 aromatic rings. The molecule has 1 aliphatic heterocycles. The highest BCUT2D eigenvalue weighted by atomic mass is 19.4. The summed E-state index contributed by atoms with van der Waals surface area (Å²) in [7, 11) is 0. The number of hydrogen-bond acceptors (Lipinski definition) is 6. The zero-order chi connectivity index (χ0) is 23.4. The first-order chi connectivity index (χ1) is 15.8. The molecule has 1 aliphatic rings. The molecule has 3 heterocycles. The first-order valence-corrected chi connectivity index (χ1v) is 10.5. The van der Waals surface area contributed by atoms with E-state index in [0.29, 0.717) is 49.2 Å². The van der Waals surface area contributed by atoms with E-state index < -0.39 is 11.7 Å². The average molecular weight is 456 g/mol. The summed E-state index contributed by atoms with van der Waals surface area (Å²) in [5.41, 5.74) is 0.931. The Balaban J connectivity index is 1.29. The minimum absolute atomic E-state index is 0.0747. The number of piperazine rings is 1. The molecule has 1 N–H and O–H groups in total. The fourth-order valence-electron chi connectivity index (χ4n) is 3.58. The zero-order valence-corrected chi connectivity index (χ0v) is 18.0. The van der Waals surface area contributed by atoms with Crippen LogP contribution >= 0.6 is 0 Å². The fraction of sp³-hybridized carbons (Fsp3) is 0.304. The number of hydrogen-bond donors (Lipinski definition) is 1. The number of benzene rings is 1. The van der Waals surface area contributed by atoms with Gasteiger partial charge in [-0.25, -0.2) is 4.98 Å². The molecule has 1 aromatic carbocycles. The maximum Gasteiger partial charge on any atom is 0.416 e. The van der Waals surface area contributed by atoms with Crippen molar-refractivity contribution in [3.05, 3.63) is 71.4 Å². The number of aryl methyl sites for hydroxylation is 1. The Morgan fingerprint density at radius 3 is 2.30 bits per heavy atom. The van der Waals surface area contributed by atoms with Crippen molar-refractivity contribution >= 4 is 23.4 Å². The highest BCUT2D eigenvalue weighted by Gasteiger charge is 2.30. The Morgan fingerprint density at radius 2 is 1.70 bits per heavy atom. The topological polar surface area (TPSA) is 74.2 Å². The molecule has 4 rings (SSSR count). The van der Waals surface area contributed by atoms with Crippen LogP contribution in [0.4, 0.5) is 30.6 Å². The second-order valence-corrected chi connectivity index (χ2v) is 7.86. The van der Waals surface area contributed by atoms with Crippen molar-refractivity contribution in [2.45, 2.75) is 19.5 Å². The molecule has 1 saturated heterocycles. The number of pyridine rings is 1. The van der Waals surface area contributed by atoms with Gasteiger partial charge in [-0.3, -0.25) is 4.79 Å². The van der Waals surface area contributed by atoms with E-state index in [2.05, 4.69) is 20.5 Å². The van der Waals surface area contributed by atoms with Crippen LogP contribution in [-0.2, 0) is 17.4 Å². The summed E-state index contributed by atoms with van der Waals surface area (Å²) in [6.07, 6.45) is -2.59. The van der Waals surface area contributed by atoms with E-state index in [1.807, 2.05) is 36.1 Å². The number of nitrogens with one attached hydrogen (secondary N) is 1. The van der Waals surface area contributed by atoms with Gasteiger partial charge in [0.15, 0.2) is 11.6 Å². The molecular weight excluding hydrogens is 433 g/mol. The summed E-state index contributed by atoms with van der Waals surface area (Å²) in [5, 5.41) is 11.6. The summed E-state index contributed by atoms with van der Waals surface area (Å²) < 4.78 is 38.1. The molecule has 0 atom stereocenters. The second-order valence-electron chi connectivity index (χ2n) is 7.86. The van der Waals surface area contributed by atoms with Crippen LogP contribution in [0.5, 0.6) is 0 Å². The molecule has 0 spiro atoms. The van der Waals surface area contributed by atoms with Crippen LogP contribution in [0.2, 0.25) is 0 Å². The molecule has 1 fully saturated rings. The van der Waals surface area contributed by atoms with Crippen LogP contribution in [0.25, 0.3) is 0 Å². The Morgan fingerprint density at radius 1 is 0.970 bits per heavy atom. The molecule has 172 valence electrons. The van der Waals surface area contributed by atoms with Crippen molar-refractivity contribution < 1.29 is 18.0 Å². The number of halogens is 3. The summed E-state index contributed by atoms with van der Waals surface area (Å²) in [5.74, 6) is 1.89. The fourth-order valence-corrected chi connectivity index (χ4v) is 3.58. The van der Waals surface area contributed by atoms with Gasteiger partial charge in [0.1, 0.15) is 5.82 Å². The second kappa shape index (κ2) is 9.43. The number of carbonyl (C=O) groups excluding carboxylic acids is 1. The number of carbonyl (C=O) groups is 1. The van der Waals surface area contributed by atoms with Gasteiger partial charge in [0.25, 0.3) is 0 Å². The lowest BCUT2D eigenvalue weighted by atomic mass is 10.1. The number of rotatable bonds is 5. The summed E-state index contributed by atoms with van der Waals surface area (Å²) in [4.78, 5) is 20.6. The number of alkyl halides is 3. The lowest BCUT2D eigenvalue weighted by molar-refractivity contribution is -0.137. The highest BCUT2D eigenvalue weighted by Crippen LogP contribution is 2.29. The van der Waals surface area contributed by atoms with Crippen LogP contribution in [0.1, 0.15) is 16.7 Å². The summed E-state index contributed by atoms with van der Waals surface area (Å²) in [6, 6.07) is 12.2. The Hall–Kier alpha value is -3.69. The van der Waals surface area contributed by atoms with E-state index in [4.69, 9.17) is 0 Å². The number of nitrogens with zero attached hydrogens (tertiary/aromatic N) is 5. The van der Waals surface area contributed by atoms with Gasteiger partial charge in [-0.15, -0.1) is 10.2 Å². The standard InChI is InChI=1S/C23H23F3N6O/c1-16-8-9-27-20(14-16)28-19-6-7-21(30-29-19)31-10-12-32(13-11-31)22(33)15-17-2-4-18(5-3-17)23(24,25)26/h2-9,14H,10-13,15H2,1H3,(H,27,28,29). The van der Waals surface area contributed by atoms with Crippen molar-refractivity contribution in [2.24, 2.45) is 0 Å². The molecule has 1 amide bonds. The van der Waals surface area contributed by atoms with Crippen LogP contribution in [0, 0.1) is 6.92 Å². The van der Waals surface area contributed by atoms with E-state index in [0.717, 1.165) is 17.7 Å². The largest absolute Gasteiger partial charge is 0.416 e. The molecule has 0 bridgehead atoms. The van der Waals surface area contributed by atoms with Crippen molar-refractivity contribution in [3.63, 3.8) is 0 Å². The van der Waals surface area contributed by atoms with E-state index in [-0.39, 0.29) is 12.3 Å². The first-order valence-electron chi connectivity index (χ1n) is 10.5. The third-order valence-electron chi connectivity index (χ3n) is 5.42. The highest BCUT2D eigenvalue weighted by molar-refractivity contribution is 5.79. The lowest BCUT2D eigenvalue weighted by Gasteiger charge is -2.35. The third kappa shape index (κ3) is 5.76. The monoisotopic (exact) mass is 456 g/mol. The Kier molecular flexibility index (Phi) is 6.43. The van der Waals surface area contributed by atoms with Gasteiger partial charge in [-0.05, 0) is 54.4 Å². The minimum atomic E-state index is -4.38. The van der Waals surface area contributed by atoms with E-state index in [1.54, 1.807) is 11.1 Å². The van der Waals surface area contributed by atoms with Gasteiger partial charge in [-0.1, -0.05) is 12.1 Å². The van der Waals surface area contributed by atoms with Crippen molar-refractivity contribution in [2.75, 3.05) is 36.4 Å². The van der Waals surface area contributed by atoms with E-state index >= 15 is 0 Å². The Bertz CT molecular complexity index is 1090. The van der Waals surface area contributed by atoms with Crippen LogP contribution in [-0.4, -0.2) is 52.2 Å². The predicted molar refractivity (Wildman–Crippen MR) is 118 cm³/mol. The van der Waals surface area contributed by atoms with Gasteiger partial charge in [0.2, 0.25) is 5.91 Å². The Labute approximate surface area is 189 Å². The van der Waals surface area contributed by atoms with Crippen LogP contribution < -0.4 is 10.2 Å². The SMILES string of the molecule is Cc1ccnc(Nc2ccc(N3CCN(C(=O)Cc4ccc(C(F)(F)F)cc4)CC3)nn2)c1. The normalized spacial score (nSPS) is 14.3. The molecule has 10 heteroatoms. The maximum absolute atomic E-state index is 12.7. The molecule has 2 aromatic heterocycles. The number of amides is 1. The van der Waals surface area contributed by atoms with Gasteiger partial charge >= 0.3 is 6.18 Å². The van der Waals surface area contributed by atoms with Gasteiger partial charge in [0.05, 0.1) is 12.0 Å². The molecule has 7 nitrogen and oxygen atoms in total. The number of anilines is 3. The predicted octanol–water partition coefficient (Wildman–Crippen LogP) is 3.83. The molecule has 0 unspecified atom stereocenters. The van der Waals surface area contributed by atoms with Crippen molar-refractivity contribution in [1.29, 1.82) is 0 Å². The molecular formula is C23H23F3N6O. The first kappa shape index (κ1) is 22.5. The van der Waals surface area contributed by atoms with Crippen LogP contribution in [0.15, 0.2) is 54.7 Å². The molecule has 33 heavy (non-hydrogen) atoms. The van der Waals surface area contributed by atoms with Gasteiger partial charge < -0.3 is 15.1 Å². The van der Waals surface area contributed by atoms with Crippen molar-refractivity contribution in [1.82, 2.24) is 20.1 Å². The van der Waals surface area contributed by atoms with Crippen molar-refractivity contribution in [3.8, 4) is 0 Å². The molecule has 0 saturated carbocycles. The summed E-state index contributed by atoms with van der Waals surface area (Å²) >= 11 is 0. The van der Waals surface area contributed by atoms with E-state index in [1.165, 1.54) is 12.1 Å². The van der Waals surface area contributed by atoms with Gasteiger partial charge in [-0.2, -0.15) is 13.2 Å². The smallest absolute Gasteiger partial charge is 0.352 e. The van der Waals surface area contributed by atoms with Crippen LogP contribution in [0.3, 0.4) is 0 Å². The summed E-state index contributed by atoms with van der Waals surface area (Å²) in [6.45, 7) is 4.19. The van der Waals surface area contributed by atoms with E-state index in [9.17, 15) is 18.0 Å². The average Bonchev–Trinajstić information content (AvgIpc) is 2.79. The molecule has 0 aliphatic carbocycles. The zero-order valence-electron chi connectivity index (χ0n) is 18.0. The molecule has 0 radical (unpaired) electrons.